The molecular weight excluding hydrogens is 197 g/mol. The van der Waals surface area contributed by atoms with Crippen molar-refractivity contribution < 1.29 is 9.18 Å². The molecule has 1 rings (SSSR count). The largest absolute Gasteiger partial charge is 0.325 e. The van der Waals surface area contributed by atoms with Crippen molar-refractivity contribution in [3.05, 3.63) is 30.1 Å². The van der Waals surface area contributed by atoms with Gasteiger partial charge < -0.3 is 5.32 Å². The van der Waals surface area contributed by atoms with Crippen LogP contribution >= 0.6 is 0 Å². The van der Waals surface area contributed by atoms with Crippen LogP contribution in [0.15, 0.2) is 24.3 Å². The van der Waals surface area contributed by atoms with Crippen LogP contribution in [0.1, 0.15) is 0 Å². The average Bonchev–Trinajstić information content (AvgIpc) is 2.19. The van der Waals surface area contributed by atoms with E-state index in [0.717, 1.165) is 0 Å². The highest BCUT2D eigenvalue weighted by Crippen LogP contribution is 2.07. The molecule has 0 spiro atoms. The molecule has 15 heavy (non-hydrogen) atoms. The fourth-order valence-corrected chi connectivity index (χ4v) is 0.968. The van der Waals surface area contributed by atoms with E-state index < -0.39 is 0 Å². The zero-order chi connectivity index (χ0) is 11.3. The van der Waals surface area contributed by atoms with E-state index in [2.05, 4.69) is 10.7 Å². The van der Waals surface area contributed by atoms with Crippen LogP contribution in [0.4, 0.5) is 10.1 Å². The number of anilines is 1. The lowest BCUT2D eigenvalue weighted by Crippen LogP contribution is -2.37. The van der Waals surface area contributed by atoms with Crippen molar-refractivity contribution in [3.8, 4) is 0 Å². The topological polar surface area (TPSA) is 44.4 Å². The van der Waals surface area contributed by atoms with Gasteiger partial charge >= 0.3 is 0 Å². The van der Waals surface area contributed by atoms with Gasteiger partial charge in [-0.2, -0.15) is 0 Å². The van der Waals surface area contributed by atoms with Crippen molar-refractivity contribution in [1.29, 1.82) is 0 Å². The summed E-state index contributed by atoms with van der Waals surface area (Å²) in [6, 6.07) is 5.63. The number of nitrogens with zero attached hydrogens (tertiary/aromatic N) is 1. The van der Waals surface area contributed by atoms with E-state index in [1.54, 1.807) is 19.1 Å². The van der Waals surface area contributed by atoms with Crippen LogP contribution in [0, 0.1) is 5.82 Å². The molecule has 82 valence electrons. The SMILES string of the molecule is CN(C)NCC(=O)Nc1ccc(F)cc1. The Bertz CT molecular complexity index is 324. The summed E-state index contributed by atoms with van der Waals surface area (Å²) in [5.41, 5.74) is 3.41. The smallest absolute Gasteiger partial charge is 0.239 e. The van der Waals surface area contributed by atoms with Crippen molar-refractivity contribution in [3.63, 3.8) is 0 Å². The Kier molecular flexibility index (Phi) is 4.20. The molecule has 0 aliphatic carbocycles. The third-order valence-electron chi connectivity index (χ3n) is 1.68. The lowest BCUT2D eigenvalue weighted by molar-refractivity contribution is -0.116. The van der Waals surface area contributed by atoms with Gasteiger partial charge in [-0.1, -0.05) is 0 Å². The molecule has 0 fully saturated rings. The molecule has 0 aromatic heterocycles. The van der Waals surface area contributed by atoms with Crippen LogP contribution in [0.5, 0.6) is 0 Å². The molecule has 0 aliphatic heterocycles. The normalized spacial score (nSPS) is 10.4. The number of nitrogens with one attached hydrogen (secondary N) is 2. The van der Waals surface area contributed by atoms with Gasteiger partial charge in [-0.3, -0.25) is 9.80 Å². The Morgan fingerprint density at radius 3 is 2.47 bits per heavy atom. The first kappa shape index (κ1) is 11.6. The number of carbonyl (C=O) groups is 1. The van der Waals surface area contributed by atoms with Gasteiger partial charge in [-0.15, -0.1) is 0 Å². The molecule has 0 saturated heterocycles. The van der Waals surface area contributed by atoms with E-state index in [4.69, 9.17) is 0 Å². The van der Waals surface area contributed by atoms with Crippen LogP contribution in [0.3, 0.4) is 0 Å². The lowest BCUT2D eigenvalue weighted by atomic mass is 10.3. The number of rotatable bonds is 4. The predicted octanol–water partition coefficient (Wildman–Crippen LogP) is 0.830. The summed E-state index contributed by atoms with van der Waals surface area (Å²) in [7, 11) is 3.59. The molecule has 0 aliphatic rings. The number of halogens is 1. The summed E-state index contributed by atoms with van der Waals surface area (Å²) in [6.45, 7) is 0.185. The Balaban J connectivity index is 2.41. The van der Waals surface area contributed by atoms with Gasteiger partial charge in [-0.25, -0.2) is 9.82 Å². The predicted molar refractivity (Wildman–Crippen MR) is 56.7 cm³/mol. The van der Waals surface area contributed by atoms with Crippen LogP contribution in [-0.4, -0.2) is 31.6 Å². The second-order valence-corrected chi connectivity index (χ2v) is 3.28. The summed E-state index contributed by atoms with van der Waals surface area (Å²) < 4.78 is 12.5. The van der Waals surface area contributed by atoms with E-state index in [-0.39, 0.29) is 18.3 Å². The minimum atomic E-state index is -0.320. The first-order valence-corrected chi connectivity index (χ1v) is 4.54. The summed E-state index contributed by atoms with van der Waals surface area (Å²) >= 11 is 0. The highest BCUT2D eigenvalue weighted by Gasteiger charge is 2.01. The van der Waals surface area contributed by atoms with Crippen molar-refractivity contribution in [2.24, 2.45) is 0 Å². The van der Waals surface area contributed by atoms with E-state index in [1.165, 1.54) is 24.3 Å². The minimum absolute atomic E-state index is 0.171. The molecule has 0 bridgehead atoms. The molecule has 0 unspecified atom stereocenters. The van der Waals surface area contributed by atoms with E-state index in [9.17, 15) is 9.18 Å². The van der Waals surface area contributed by atoms with Crippen LogP contribution in [0.25, 0.3) is 0 Å². The standard InChI is InChI=1S/C10H14FN3O/c1-14(2)12-7-10(15)13-9-5-3-8(11)4-6-9/h3-6,12H,7H2,1-2H3,(H,13,15). The van der Waals surface area contributed by atoms with Crippen molar-refractivity contribution in [2.75, 3.05) is 26.0 Å². The molecule has 2 N–H and O–H groups in total. The molecule has 0 atom stereocenters. The molecule has 1 aromatic carbocycles. The highest BCUT2D eigenvalue weighted by molar-refractivity contribution is 5.92. The van der Waals surface area contributed by atoms with Crippen molar-refractivity contribution in [2.45, 2.75) is 0 Å². The minimum Gasteiger partial charge on any atom is -0.325 e. The molecule has 0 radical (unpaired) electrons. The Labute approximate surface area is 88.0 Å². The van der Waals surface area contributed by atoms with Gasteiger partial charge in [0.15, 0.2) is 0 Å². The maximum atomic E-state index is 12.5. The Morgan fingerprint density at radius 1 is 1.33 bits per heavy atom. The fraction of sp³-hybridized carbons (Fsp3) is 0.300. The average molecular weight is 211 g/mol. The second kappa shape index (κ2) is 5.43. The number of hydrazine groups is 1. The Morgan fingerprint density at radius 2 is 1.93 bits per heavy atom. The molecule has 4 nitrogen and oxygen atoms in total. The summed E-state index contributed by atoms with van der Waals surface area (Å²) in [5.74, 6) is -0.491. The van der Waals surface area contributed by atoms with Crippen molar-refractivity contribution in [1.82, 2.24) is 10.4 Å². The Hall–Kier alpha value is -1.46. The van der Waals surface area contributed by atoms with Crippen LogP contribution in [0.2, 0.25) is 0 Å². The number of carbonyl (C=O) groups excluding carboxylic acids is 1. The third-order valence-corrected chi connectivity index (χ3v) is 1.68. The quantitative estimate of drug-likeness (QED) is 0.725. The van der Waals surface area contributed by atoms with Gasteiger partial charge in [0, 0.05) is 19.8 Å². The van der Waals surface area contributed by atoms with Gasteiger partial charge in [0.2, 0.25) is 5.91 Å². The fourth-order valence-electron chi connectivity index (χ4n) is 0.968. The number of hydrogen-bond donors (Lipinski definition) is 2. The van der Waals surface area contributed by atoms with Gasteiger partial charge in [0.05, 0.1) is 6.54 Å². The van der Waals surface area contributed by atoms with Gasteiger partial charge in [-0.05, 0) is 24.3 Å². The molecular formula is C10H14FN3O. The maximum absolute atomic E-state index is 12.5. The lowest BCUT2D eigenvalue weighted by Gasteiger charge is -2.11. The molecule has 1 amide bonds. The summed E-state index contributed by atoms with van der Waals surface area (Å²) in [5, 5.41) is 4.31. The van der Waals surface area contributed by atoms with E-state index >= 15 is 0 Å². The highest BCUT2D eigenvalue weighted by atomic mass is 19.1. The first-order chi connectivity index (χ1) is 7.08. The van der Waals surface area contributed by atoms with Crippen LogP contribution in [-0.2, 0) is 4.79 Å². The number of benzene rings is 1. The second-order valence-electron chi connectivity index (χ2n) is 3.28. The third kappa shape index (κ3) is 4.53. The number of amides is 1. The van der Waals surface area contributed by atoms with Crippen molar-refractivity contribution >= 4 is 11.6 Å². The monoisotopic (exact) mass is 211 g/mol. The van der Waals surface area contributed by atoms with Gasteiger partial charge in [0.1, 0.15) is 5.82 Å². The van der Waals surface area contributed by atoms with Gasteiger partial charge in [0.25, 0.3) is 0 Å². The first-order valence-electron chi connectivity index (χ1n) is 4.54. The van der Waals surface area contributed by atoms with E-state index in [0.29, 0.717) is 5.69 Å². The summed E-state index contributed by atoms with van der Waals surface area (Å²) in [4.78, 5) is 11.3. The number of hydrogen-bond acceptors (Lipinski definition) is 3. The molecule has 1 aromatic rings. The molecule has 0 saturated carbocycles. The van der Waals surface area contributed by atoms with Crippen LogP contribution < -0.4 is 10.7 Å². The van der Waals surface area contributed by atoms with E-state index in [1.807, 2.05) is 0 Å². The summed E-state index contributed by atoms with van der Waals surface area (Å²) in [6.07, 6.45) is 0. The molecule has 0 heterocycles. The molecule has 5 heteroatoms. The zero-order valence-electron chi connectivity index (χ0n) is 8.75. The maximum Gasteiger partial charge on any atom is 0.239 e. The zero-order valence-corrected chi connectivity index (χ0v) is 8.75.